The fraction of sp³-hybridized carbons (Fsp3) is 0.529. The molecule has 0 fully saturated rings. The molecule has 5 amide bonds. The zero-order valence-electron chi connectivity index (χ0n) is 15.7. The fourth-order valence-electron chi connectivity index (χ4n) is 2.35. The van der Waals surface area contributed by atoms with Crippen molar-refractivity contribution in [3.63, 3.8) is 0 Å². The Kier molecular flexibility index (Phi) is 8.79. The standard InChI is InChI=1S/C17H24N4O7/c1-10(2)16(17(28)19-9-15(26)27)20-12(23)8-18-11(22)4-3-7-21-13(24)5-6-14(21)25/h5-6,10,16H,3-4,7-9H2,1-2H3,(H,18,22)(H,19,28)(H,20,23)(H,26,27)/t16-/m0/s1. The maximum absolute atomic E-state index is 11.9. The van der Waals surface area contributed by atoms with Crippen LogP contribution in [0.5, 0.6) is 0 Å². The fourth-order valence-corrected chi connectivity index (χ4v) is 2.35. The molecule has 1 atom stereocenters. The molecule has 0 saturated heterocycles. The zero-order valence-corrected chi connectivity index (χ0v) is 15.7. The van der Waals surface area contributed by atoms with Crippen LogP contribution in [0.25, 0.3) is 0 Å². The highest BCUT2D eigenvalue weighted by molar-refractivity contribution is 6.12. The van der Waals surface area contributed by atoms with Crippen molar-refractivity contribution in [1.82, 2.24) is 20.9 Å². The summed E-state index contributed by atoms with van der Waals surface area (Å²) in [7, 11) is 0. The predicted octanol–water partition coefficient (Wildman–Crippen LogP) is -1.85. The first kappa shape index (κ1) is 22.8. The molecule has 154 valence electrons. The van der Waals surface area contributed by atoms with Crippen LogP contribution < -0.4 is 16.0 Å². The van der Waals surface area contributed by atoms with Crippen LogP contribution in [0.15, 0.2) is 12.2 Å². The van der Waals surface area contributed by atoms with Crippen LogP contribution in [0.2, 0.25) is 0 Å². The summed E-state index contributed by atoms with van der Waals surface area (Å²) in [6, 6.07) is -0.941. The largest absolute Gasteiger partial charge is 0.480 e. The van der Waals surface area contributed by atoms with Crippen molar-refractivity contribution in [1.29, 1.82) is 0 Å². The number of nitrogens with zero attached hydrogens (tertiary/aromatic N) is 1. The van der Waals surface area contributed by atoms with Gasteiger partial charge in [0.15, 0.2) is 0 Å². The zero-order chi connectivity index (χ0) is 21.3. The minimum atomic E-state index is -1.21. The van der Waals surface area contributed by atoms with E-state index in [1.54, 1.807) is 13.8 Å². The van der Waals surface area contributed by atoms with Crippen LogP contribution in [-0.2, 0) is 28.8 Å². The van der Waals surface area contributed by atoms with E-state index < -0.39 is 48.1 Å². The lowest BCUT2D eigenvalue weighted by Gasteiger charge is -2.21. The van der Waals surface area contributed by atoms with E-state index in [1.165, 1.54) is 0 Å². The summed E-state index contributed by atoms with van der Waals surface area (Å²) < 4.78 is 0. The highest BCUT2D eigenvalue weighted by Gasteiger charge is 2.25. The number of imide groups is 1. The third kappa shape index (κ3) is 7.56. The minimum Gasteiger partial charge on any atom is -0.480 e. The van der Waals surface area contributed by atoms with E-state index in [0.717, 1.165) is 17.1 Å². The van der Waals surface area contributed by atoms with Gasteiger partial charge in [0, 0.05) is 25.1 Å². The highest BCUT2D eigenvalue weighted by atomic mass is 16.4. The second-order valence-electron chi connectivity index (χ2n) is 6.44. The number of rotatable bonds is 11. The first-order valence-corrected chi connectivity index (χ1v) is 8.71. The van der Waals surface area contributed by atoms with Crippen molar-refractivity contribution in [2.24, 2.45) is 5.92 Å². The van der Waals surface area contributed by atoms with Gasteiger partial charge < -0.3 is 21.1 Å². The molecule has 0 bridgehead atoms. The molecule has 1 aliphatic heterocycles. The molecule has 0 spiro atoms. The molecular formula is C17H24N4O7. The average molecular weight is 396 g/mol. The number of carbonyl (C=O) groups excluding carboxylic acids is 5. The second-order valence-corrected chi connectivity index (χ2v) is 6.44. The van der Waals surface area contributed by atoms with Gasteiger partial charge in [-0.25, -0.2) is 0 Å². The molecule has 1 rings (SSSR count). The monoisotopic (exact) mass is 396 g/mol. The molecule has 1 aliphatic rings. The van der Waals surface area contributed by atoms with E-state index in [4.69, 9.17) is 5.11 Å². The SMILES string of the molecule is CC(C)[C@H](NC(=O)CNC(=O)CCCN1C(=O)C=CC1=O)C(=O)NCC(=O)O. The van der Waals surface area contributed by atoms with Gasteiger partial charge in [-0.3, -0.25) is 33.7 Å². The number of hydrogen-bond acceptors (Lipinski definition) is 6. The topological polar surface area (TPSA) is 162 Å². The lowest BCUT2D eigenvalue weighted by atomic mass is 10.0. The maximum atomic E-state index is 11.9. The smallest absolute Gasteiger partial charge is 0.322 e. The number of carbonyl (C=O) groups is 6. The quantitative estimate of drug-likeness (QED) is 0.298. The van der Waals surface area contributed by atoms with Crippen LogP contribution in [-0.4, -0.2) is 71.2 Å². The summed E-state index contributed by atoms with van der Waals surface area (Å²) in [5.41, 5.74) is 0. The number of carboxylic acid groups (broad SMARTS) is 1. The van der Waals surface area contributed by atoms with Crippen molar-refractivity contribution in [2.45, 2.75) is 32.7 Å². The van der Waals surface area contributed by atoms with Crippen molar-refractivity contribution in [3.8, 4) is 0 Å². The van der Waals surface area contributed by atoms with E-state index in [9.17, 15) is 28.8 Å². The van der Waals surface area contributed by atoms with E-state index in [2.05, 4.69) is 16.0 Å². The lowest BCUT2D eigenvalue weighted by Crippen LogP contribution is -2.52. The minimum absolute atomic E-state index is 0.0110. The number of amides is 5. The van der Waals surface area contributed by atoms with Crippen LogP contribution >= 0.6 is 0 Å². The molecule has 0 aromatic rings. The second kappa shape index (κ2) is 10.8. The van der Waals surface area contributed by atoms with Crippen LogP contribution in [0.3, 0.4) is 0 Å². The van der Waals surface area contributed by atoms with Crippen LogP contribution in [0, 0.1) is 5.92 Å². The summed E-state index contributed by atoms with van der Waals surface area (Å²) >= 11 is 0. The molecule has 4 N–H and O–H groups in total. The van der Waals surface area contributed by atoms with Crippen LogP contribution in [0.4, 0.5) is 0 Å². The summed E-state index contributed by atoms with van der Waals surface area (Å²) in [6.07, 6.45) is 2.57. The highest BCUT2D eigenvalue weighted by Crippen LogP contribution is 2.05. The van der Waals surface area contributed by atoms with Gasteiger partial charge in [-0.2, -0.15) is 0 Å². The molecule has 28 heavy (non-hydrogen) atoms. The molecule has 1 heterocycles. The third-order valence-corrected chi connectivity index (χ3v) is 3.81. The van der Waals surface area contributed by atoms with Gasteiger partial charge in [0.1, 0.15) is 12.6 Å². The van der Waals surface area contributed by atoms with E-state index in [1.807, 2.05) is 0 Å². The Bertz CT molecular complexity index is 669. The molecular weight excluding hydrogens is 372 g/mol. The summed E-state index contributed by atoms with van der Waals surface area (Å²) in [5.74, 6) is -4.03. The maximum Gasteiger partial charge on any atom is 0.322 e. The molecule has 0 saturated carbocycles. The summed E-state index contributed by atoms with van der Waals surface area (Å²) in [5, 5.41) is 15.6. The third-order valence-electron chi connectivity index (χ3n) is 3.81. The summed E-state index contributed by atoms with van der Waals surface area (Å²) in [4.78, 5) is 69.9. The lowest BCUT2D eigenvalue weighted by molar-refractivity contribution is -0.139. The Morgan fingerprint density at radius 1 is 1.00 bits per heavy atom. The van der Waals surface area contributed by atoms with E-state index >= 15 is 0 Å². The first-order chi connectivity index (χ1) is 13.1. The normalized spacial score (nSPS) is 14.2. The number of carboxylic acids is 1. The Morgan fingerprint density at radius 2 is 1.61 bits per heavy atom. The summed E-state index contributed by atoms with van der Waals surface area (Å²) in [6.45, 7) is 2.53. The number of aliphatic carboxylic acids is 1. The number of nitrogens with one attached hydrogen (secondary N) is 3. The molecule has 0 aromatic carbocycles. The molecule has 0 aromatic heterocycles. The van der Waals surface area contributed by atoms with Gasteiger partial charge in [0.25, 0.3) is 11.8 Å². The van der Waals surface area contributed by atoms with Gasteiger partial charge in [-0.1, -0.05) is 13.8 Å². The van der Waals surface area contributed by atoms with Crippen LogP contribution in [0.1, 0.15) is 26.7 Å². The molecule has 0 radical (unpaired) electrons. The van der Waals surface area contributed by atoms with Gasteiger partial charge in [-0.05, 0) is 12.3 Å². The Balaban J connectivity index is 2.33. The van der Waals surface area contributed by atoms with Gasteiger partial charge in [0.05, 0.1) is 6.54 Å². The molecule has 11 nitrogen and oxygen atoms in total. The Morgan fingerprint density at radius 3 is 2.14 bits per heavy atom. The van der Waals surface area contributed by atoms with Crippen molar-refractivity contribution >= 4 is 35.5 Å². The number of hydrogen-bond donors (Lipinski definition) is 4. The van der Waals surface area contributed by atoms with Crippen molar-refractivity contribution in [2.75, 3.05) is 19.6 Å². The van der Waals surface area contributed by atoms with Crippen molar-refractivity contribution < 1.29 is 33.9 Å². The van der Waals surface area contributed by atoms with E-state index in [-0.39, 0.29) is 31.8 Å². The molecule has 0 unspecified atom stereocenters. The first-order valence-electron chi connectivity index (χ1n) is 8.71. The van der Waals surface area contributed by atoms with Gasteiger partial charge in [0.2, 0.25) is 17.7 Å². The Hall–Kier alpha value is -3.24. The van der Waals surface area contributed by atoms with Crippen molar-refractivity contribution in [3.05, 3.63) is 12.2 Å². The Labute approximate surface area is 161 Å². The average Bonchev–Trinajstić information content (AvgIpc) is 2.94. The predicted molar refractivity (Wildman–Crippen MR) is 95.5 cm³/mol. The van der Waals surface area contributed by atoms with E-state index in [0.29, 0.717) is 0 Å². The van der Waals surface area contributed by atoms with Gasteiger partial charge >= 0.3 is 5.97 Å². The van der Waals surface area contributed by atoms with Gasteiger partial charge in [-0.15, -0.1) is 0 Å². The molecule has 11 heteroatoms. The molecule has 0 aliphatic carbocycles.